The standard InChI is InChI=1S/C28H42O4/c1-3-5-7-9-10-11-12-13-14-16-18-23-32-28(30)26-21-19-20-25(24-26)27(29)31-22-17-15-8-6-4-2/h19-21,24H,3-15,17,22-23H2,1-2H3. The van der Waals surface area contributed by atoms with Gasteiger partial charge in [0, 0.05) is 6.42 Å². The van der Waals surface area contributed by atoms with Crippen LogP contribution in [0.5, 0.6) is 0 Å². The van der Waals surface area contributed by atoms with Gasteiger partial charge < -0.3 is 9.47 Å². The van der Waals surface area contributed by atoms with Crippen LogP contribution < -0.4 is 0 Å². The fourth-order valence-corrected chi connectivity index (χ4v) is 3.40. The van der Waals surface area contributed by atoms with Gasteiger partial charge in [-0.05, 0) is 31.0 Å². The van der Waals surface area contributed by atoms with E-state index in [1.54, 1.807) is 18.2 Å². The molecule has 0 aliphatic heterocycles. The van der Waals surface area contributed by atoms with E-state index in [2.05, 4.69) is 25.7 Å². The molecule has 178 valence electrons. The van der Waals surface area contributed by atoms with E-state index in [0.717, 1.165) is 32.1 Å². The SMILES string of the molecule is CCCCCCCCCCC#CCOC(=O)c1cccc(C(=O)OCCCCCCC)c1. The summed E-state index contributed by atoms with van der Waals surface area (Å²) in [6.07, 6.45) is 16.6. The summed E-state index contributed by atoms with van der Waals surface area (Å²) in [6, 6.07) is 6.48. The Bertz CT molecular complexity index is 699. The van der Waals surface area contributed by atoms with Gasteiger partial charge in [0.15, 0.2) is 6.61 Å². The van der Waals surface area contributed by atoms with E-state index in [-0.39, 0.29) is 6.61 Å². The normalized spacial score (nSPS) is 10.3. The van der Waals surface area contributed by atoms with Crippen molar-refractivity contribution in [3.63, 3.8) is 0 Å². The zero-order valence-electron chi connectivity index (χ0n) is 20.3. The predicted molar refractivity (Wildman–Crippen MR) is 131 cm³/mol. The number of carbonyl (C=O) groups excluding carboxylic acids is 2. The lowest BCUT2D eigenvalue weighted by atomic mass is 10.1. The van der Waals surface area contributed by atoms with Crippen molar-refractivity contribution < 1.29 is 19.1 Å². The van der Waals surface area contributed by atoms with Gasteiger partial charge in [0.25, 0.3) is 0 Å². The molecule has 0 radical (unpaired) electrons. The molecular formula is C28H42O4. The third kappa shape index (κ3) is 13.9. The average molecular weight is 443 g/mol. The van der Waals surface area contributed by atoms with Crippen molar-refractivity contribution in [3.05, 3.63) is 35.4 Å². The van der Waals surface area contributed by atoms with E-state index in [1.807, 2.05) is 0 Å². The number of rotatable bonds is 17. The quantitative estimate of drug-likeness (QED) is 0.142. The Kier molecular flexibility index (Phi) is 16.8. The Morgan fingerprint density at radius 1 is 0.688 bits per heavy atom. The number of unbranched alkanes of at least 4 members (excludes halogenated alkanes) is 12. The van der Waals surface area contributed by atoms with Crippen molar-refractivity contribution in [2.45, 2.75) is 104 Å². The summed E-state index contributed by atoms with van der Waals surface area (Å²) < 4.78 is 10.5. The minimum atomic E-state index is -0.472. The van der Waals surface area contributed by atoms with Gasteiger partial charge in [-0.3, -0.25) is 0 Å². The van der Waals surface area contributed by atoms with Crippen LogP contribution in [-0.2, 0) is 9.47 Å². The molecule has 0 aliphatic carbocycles. The lowest BCUT2D eigenvalue weighted by Gasteiger charge is -2.06. The first-order chi connectivity index (χ1) is 15.7. The highest BCUT2D eigenvalue weighted by atomic mass is 16.5. The molecule has 0 heterocycles. The number of esters is 2. The van der Waals surface area contributed by atoms with Gasteiger partial charge in [0.05, 0.1) is 17.7 Å². The van der Waals surface area contributed by atoms with Crippen molar-refractivity contribution in [1.82, 2.24) is 0 Å². The summed E-state index contributed by atoms with van der Waals surface area (Å²) in [7, 11) is 0. The van der Waals surface area contributed by atoms with Crippen molar-refractivity contribution in [2.24, 2.45) is 0 Å². The summed E-state index contributed by atoms with van der Waals surface area (Å²) in [6.45, 7) is 4.89. The van der Waals surface area contributed by atoms with Gasteiger partial charge in [0.1, 0.15) is 0 Å². The van der Waals surface area contributed by atoms with Crippen molar-refractivity contribution >= 4 is 11.9 Å². The minimum absolute atomic E-state index is 0.0717. The monoisotopic (exact) mass is 442 g/mol. The lowest BCUT2D eigenvalue weighted by molar-refractivity contribution is 0.0497. The molecule has 0 unspecified atom stereocenters. The van der Waals surface area contributed by atoms with E-state index < -0.39 is 11.9 Å². The minimum Gasteiger partial charge on any atom is -0.462 e. The van der Waals surface area contributed by atoms with Crippen molar-refractivity contribution in [2.75, 3.05) is 13.2 Å². The van der Waals surface area contributed by atoms with Gasteiger partial charge in [-0.1, -0.05) is 102 Å². The molecule has 32 heavy (non-hydrogen) atoms. The molecule has 0 bridgehead atoms. The second-order valence-electron chi connectivity index (χ2n) is 8.29. The molecule has 0 spiro atoms. The molecule has 0 N–H and O–H groups in total. The second kappa shape index (κ2) is 19.4. The van der Waals surface area contributed by atoms with Gasteiger partial charge >= 0.3 is 11.9 Å². The van der Waals surface area contributed by atoms with Gasteiger partial charge in [0.2, 0.25) is 0 Å². The molecule has 0 atom stereocenters. The number of hydrogen-bond donors (Lipinski definition) is 0. The van der Waals surface area contributed by atoms with Crippen LogP contribution in [0, 0.1) is 11.8 Å². The fourth-order valence-electron chi connectivity index (χ4n) is 3.40. The predicted octanol–water partition coefficient (Wildman–Crippen LogP) is 7.50. The molecule has 0 saturated heterocycles. The summed E-state index contributed by atoms with van der Waals surface area (Å²) >= 11 is 0. The Balaban J connectivity index is 2.22. The maximum atomic E-state index is 12.2. The third-order valence-electron chi connectivity index (χ3n) is 5.37. The van der Waals surface area contributed by atoms with Crippen LogP contribution in [-0.4, -0.2) is 25.2 Å². The number of carbonyl (C=O) groups is 2. The summed E-state index contributed by atoms with van der Waals surface area (Å²) in [5.41, 5.74) is 0.709. The molecule has 4 heteroatoms. The van der Waals surface area contributed by atoms with Crippen LogP contribution in [0.3, 0.4) is 0 Å². The van der Waals surface area contributed by atoms with Crippen LogP contribution in [0.25, 0.3) is 0 Å². The maximum absolute atomic E-state index is 12.2. The second-order valence-corrected chi connectivity index (χ2v) is 8.29. The first kappa shape index (κ1) is 27.8. The van der Waals surface area contributed by atoms with Crippen molar-refractivity contribution in [1.29, 1.82) is 0 Å². The molecule has 0 aromatic heterocycles. The van der Waals surface area contributed by atoms with Gasteiger partial charge in [-0.15, -0.1) is 0 Å². The maximum Gasteiger partial charge on any atom is 0.339 e. The zero-order valence-corrected chi connectivity index (χ0v) is 20.3. The van der Waals surface area contributed by atoms with E-state index in [4.69, 9.17) is 9.47 Å². The highest BCUT2D eigenvalue weighted by molar-refractivity contribution is 5.95. The van der Waals surface area contributed by atoms with E-state index in [9.17, 15) is 9.59 Å². The molecule has 1 aromatic carbocycles. The van der Waals surface area contributed by atoms with Crippen LogP contribution in [0.2, 0.25) is 0 Å². The molecule has 0 aliphatic rings. The highest BCUT2D eigenvalue weighted by Gasteiger charge is 2.12. The molecule has 0 fully saturated rings. The van der Waals surface area contributed by atoms with Gasteiger partial charge in [-0.25, -0.2) is 9.59 Å². The van der Waals surface area contributed by atoms with E-state index in [0.29, 0.717) is 17.7 Å². The lowest BCUT2D eigenvalue weighted by Crippen LogP contribution is -2.10. The smallest absolute Gasteiger partial charge is 0.339 e. The van der Waals surface area contributed by atoms with E-state index in [1.165, 1.54) is 63.9 Å². The molecular weight excluding hydrogens is 400 g/mol. The largest absolute Gasteiger partial charge is 0.462 e. The average Bonchev–Trinajstić information content (AvgIpc) is 2.81. The summed E-state index contributed by atoms with van der Waals surface area (Å²) in [5, 5.41) is 0. The first-order valence-corrected chi connectivity index (χ1v) is 12.6. The number of benzene rings is 1. The van der Waals surface area contributed by atoms with E-state index >= 15 is 0 Å². The zero-order chi connectivity index (χ0) is 23.3. The van der Waals surface area contributed by atoms with Crippen LogP contribution in [0.4, 0.5) is 0 Å². The summed E-state index contributed by atoms with van der Waals surface area (Å²) in [5.74, 6) is 5.11. The van der Waals surface area contributed by atoms with Gasteiger partial charge in [-0.2, -0.15) is 0 Å². The number of hydrogen-bond acceptors (Lipinski definition) is 4. The Hall–Kier alpha value is -2.28. The van der Waals surface area contributed by atoms with Crippen LogP contribution >= 0.6 is 0 Å². The van der Waals surface area contributed by atoms with Crippen LogP contribution in [0.15, 0.2) is 24.3 Å². The molecule has 0 amide bonds. The Labute approximate surface area is 195 Å². The highest BCUT2D eigenvalue weighted by Crippen LogP contribution is 2.11. The Morgan fingerprint density at radius 2 is 1.22 bits per heavy atom. The first-order valence-electron chi connectivity index (χ1n) is 12.6. The molecule has 1 rings (SSSR count). The number of ether oxygens (including phenoxy) is 2. The van der Waals surface area contributed by atoms with Crippen LogP contribution in [0.1, 0.15) is 124 Å². The third-order valence-corrected chi connectivity index (χ3v) is 5.37. The molecule has 0 saturated carbocycles. The molecule has 1 aromatic rings. The topological polar surface area (TPSA) is 52.6 Å². The molecule has 4 nitrogen and oxygen atoms in total. The van der Waals surface area contributed by atoms with Crippen molar-refractivity contribution in [3.8, 4) is 11.8 Å². The summed E-state index contributed by atoms with van der Waals surface area (Å²) in [4.78, 5) is 24.4. The fraction of sp³-hybridized carbons (Fsp3) is 0.643. The Morgan fingerprint density at radius 3 is 1.84 bits per heavy atom.